The zero-order chi connectivity index (χ0) is 20.9. The average Bonchev–Trinajstić information content (AvgIpc) is 3.46. The van der Waals surface area contributed by atoms with Crippen LogP contribution in [0.15, 0.2) is 90.8 Å². The fourth-order valence-electron chi connectivity index (χ4n) is 3.72. The molecule has 0 radical (unpaired) electrons. The number of hydrogen-bond acceptors (Lipinski definition) is 1. The number of hydrogen-bond donors (Lipinski definition) is 1. The summed E-state index contributed by atoms with van der Waals surface area (Å²) in [6.45, 7) is 4.28. The van der Waals surface area contributed by atoms with Gasteiger partial charge in [-0.25, -0.2) is 0 Å². The maximum Gasteiger partial charge on any atom is 0.0679 e. The molecule has 0 atom stereocenters. The summed E-state index contributed by atoms with van der Waals surface area (Å²) in [7, 11) is 1.95. The molecule has 2 aromatic heterocycles. The lowest BCUT2D eigenvalue weighted by atomic mass is 10.1. The van der Waals surface area contributed by atoms with Crippen LogP contribution in [0.1, 0.15) is 23.6 Å². The molecule has 0 aliphatic heterocycles. The fraction of sp³-hybridized carbons (Fsp3) is 0.148. The van der Waals surface area contributed by atoms with Gasteiger partial charge in [0.1, 0.15) is 0 Å². The number of aromatic nitrogens is 3. The highest BCUT2D eigenvalue weighted by molar-refractivity contribution is 5.79. The van der Waals surface area contributed by atoms with E-state index in [0.29, 0.717) is 0 Å². The van der Waals surface area contributed by atoms with E-state index in [4.69, 9.17) is 0 Å². The van der Waals surface area contributed by atoms with Gasteiger partial charge in [-0.05, 0) is 60.5 Å². The molecule has 0 fully saturated rings. The molecule has 3 nitrogen and oxygen atoms in total. The van der Waals surface area contributed by atoms with E-state index in [9.17, 15) is 0 Å². The lowest BCUT2D eigenvalue weighted by Gasteiger charge is -1.93. The minimum atomic E-state index is 1.15. The second kappa shape index (κ2) is 8.83. The third-order valence-electron chi connectivity index (χ3n) is 5.29. The molecule has 1 N–H and O–H groups in total. The molecule has 0 saturated carbocycles. The Bertz CT molecular complexity index is 1300. The van der Waals surface area contributed by atoms with Crippen molar-refractivity contribution in [3.05, 3.63) is 107 Å². The minimum Gasteiger partial charge on any atom is -0.361 e. The molecule has 1 aliphatic carbocycles. The molecule has 30 heavy (non-hydrogen) atoms. The zero-order valence-electron chi connectivity index (χ0n) is 17.8. The van der Waals surface area contributed by atoms with Gasteiger partial charge in [-0.3, -0.25) is 4.68 Å². The number of para-hydroxylation sites is 1. The lowest BCUT2D eigenvalue weighted by Crippen LogP contribution is -1.87. The molecule has 0 bridgehead atoms. The molecule has 0 spiro atoms. The Balaban J connectivity index is 0.000000109. The van der Waals surface area contributed by atoms with Crippen LogP contribution in [0.5, 0.6) is 0 Å². The molecule has 5 aromatic rings. The van der Waals surface area contributed by atoms with E-state index in [1.54, 1.807) is 0 Å². The summed E-state index contributed by atoms with van der Waals surface area (Å²) >= 11 is 0. The first-order chi connectivity index (χ1) is 14.6. The molecule has 0 unspecified atom stereocenters. The number of allylic oxidation sites excluding steroid dienone is 1. The van der Waals surface area contributed by atoms with Crippen LogP contribution in [-0.4, -0.2) is 14.8 Å². The molecular formula is C27H27N3. The largest absolute Gasteiger partial charge is 0.361 e. The van der Waals surface area contributed by atoms with Gasteiger partial charge in [0, 0.05) is 24.1 Å². The Hall–Kier alpha value is -3.59. The summed E-state index contributed by atoms with van der Waals surface area (Å²) in [5, 5.41) is 6.59. The zero-order valence-corrected chi connectivity index (χ0v) is 17.8. The van der Waals surface area contributed by atoms with Gasteiger partial charge in [0.15, 0.2) is 0 Å². The highest BCUT2D eigenvalue weighted by atomic mass is 15.2. The summed E-state index contributed by atoms with van der Waals surface area (Å²) in [5.41, 5.74) is 8.05. The Morgan fingerprint density at radius 2 is 1.67 bits per heavy atom. The predicted octanol–water partition coefficient (Wildman–Crippen LogP) is 6.70. The van der Waals surface area contributed by atoms with Gasteiger partial charge in [0.25, 0.3) is 0 Å². The average molecular weight is 394 g/mol. The van der Waals surface area contributed by atoms with Crippen molar-refractivity contribution in [2.75, 3.05) is 0 Å². The molecule has 2 heterocycles. The first-order valence-electron chi connectivity index (χ1n) is 10.3. The highest BCUT2D eigenvalue weighted by Gasteiger charge is 2.06. The van der Waals surface area contributed by atoms with Crippen molar-refractivity contribution in [2.24, 2.45) is 7.05 Å². The molecule has 0 amide bonds. The van der Waals surface area contributed by atoms with Crippen molar-refractivity contribution in [3.8, 4) is 0 Å². The summed E-state index contributed by atoms with van der Waals surface area (Å²) in [5.74, 6) is 0. The second-order valence-corrected chi connectivity index (χ2v) is 7.76. The van der Waals surface area contributed by atoms with Crippen molar-refractivity contribution in [3.63, 3.8) is 0 Å². The van der Waals surface area contributed by atoms with Crippen LogP contribution in [0.4, 0.5) is 0 Å². The van der Waals surface area contributed by atoms with Gasteiger partial charge in [-0.1, -0.05) is 66.2 Å². The molecule has 3 heteroatoms. The second-order valence-electron chi connectivity index (χ2n) is 7.76. The number of benzene rings is 3. The van der Waals surface area contributed by atoms with Crippen molar-refractivity contribution in [1.29, 1.82) is 0 Å². The van der Waals surface area contributed by atoms with E-state index in [0.717, 1.165) is 6.42 Å². The van der Waals surface area contributed by atoms with Crippen LogP contribution in [0.25, 0.3) is 27.9 Å². The molecule has 3 aromatic carbocycles. The van der Waals surface area contributed by atoms with E-state index >= 15 is 0 Å². The van der Waals surface area contributed by atoms with Crippen molar-refractivity contribution < 1.29 is 0 Å². The summed E-state index contributed by atoms with van der Waals surface area (Å²) in [6.07, 6.45) is 7.24. The minimum absolute atomic E-state index is 1.15. The SMILES string of the molecule is CC1=Cc2ccccc2C1.Cc1ccc2cc[nH]c2c1.Cn1ncc2ccccc21. The number of H-pyrrole nitrogens is 1. The monoisotopic (exact) mass is 393 g/mol. The molecule has 1 aliphatic rings. The van der Waals surface area contributed by atoms with E-state index in [2.05, 4.69) is 90.7 Å². The lowest BCUT2D eigenvalue weighted by molar-refractivity contribution is 0.797. The van der Waals surface area contributed by atoms with Crippen molar-refractivity contribution >= 4 is 27.9 Å². The Morgan fingerprint density at radius 1 is 0.867 bits per heavy atom. The van der Waals surface area contributed by atoms with E-state index < -0.39 is 0 Å². The van der Waals surface area contributed by atoms with Crippen LogP contribution in [0.3, 0.4) is 0 Å². The third kappa shape index (κ3) is 4.52. The van der Waals surface area contributed by atoms with Crippen LogP contribution >= 0.6 is 0 Å². The molecule has 0 saturated heterocycles. The van der Waals surface area contributed by atoms with Crippen LogP contribution in [0, 0.1) is 6.92 Å². The number of fused-ring (bicyclic) bond motifs is 3. The van der Waals surface area contributed by atoms with Crippen LogP contribution in [0.2, 0.25) is 0 Å². The van der Waals surface area contributed by atoms with Crippen molar-refractivity contribution in [1.82, 2.24) is 14.8 Å². The highest BCUT2D eigenvalue weighted by Crippen LogP contribution is 2.23. The maximum atomic E-state index is 4.11. The summed E-state index contributed by atoms with van der Waals surface area (Å²) in [6, 6.07) is 25.2. The number of rotatable bonds is 0. The van der Waals surface area contributed by atoms with Gasteiger partial charge in [-0.2, -0.15) is 5.10 Å². The number of nitrogens with one attached hydrogen (secondary N) is 1. The quantitative estimate of drug-likeness (QED) is 0.312. The summed E-state index contributed by atoms with van der Waals surface area (Å²) in [4.78, 5) is 3.16. The first kappa shape index (κ1) is 19.7. The number of aryl methyl sites for hydroxylation is 2. The Kier molecular flexibility index (Phi) is 5.80. The molecule has 150 valence electrons. The summed E-state index contributed by atoms with van der Waals surface area (Å²) < 4.78 is 1.87. The van der Waals surface area contributed by atoms with Crippen molar-refractivity contribution in [2.45, 2.75) is 20.3 Å². The number of nitrogens with zero attached hydrogens (tertiary/aromatic N) is 2. The van der Waals surface area contributed by atoms with E-state index in [-0.39, 0.29) is 0 Å². The maximum absolute atomic E-state index is 4.11. The Labute approximate surface area is 177 Å². The van der Waals surface area contributed by atoms with Gasteiger partial charge in [0.05, 0.1) is 11.7 Å². The smallest absolute Gasteiger partial charge is 0.0679 e. The normalized spacial score (nSPS) is 11.9. The van der Waals surface area contributed by atoms with Gasteiger partial charge < -0.3 is 4.98 Å². The Morgan fingerprint density at radius 3 is 2.50 bits per heavy atom. The fourth-order valence-corrected chi connectivity index (χ4v) is 3.72. The van der Waals surface area contributed by atoms with Gasteiger partial charge >= 0.3 is 0 Å². The first-order valence-corrected chi connectivity index (χ1v) is 10.3. The standard InChI is InChI=1S/C10H10.C9H9N.C8H8N2/c1-8-6-9-4-2-3-5-10(9)7-8;1-7-2-3-8-4-5-10-9(8)6-7;1-10-8-5-3-2-4-7(8)6-9-10/h2-6H,7H2,1H3;2-6,10H,1H3;2-6H,1H3. The molecule has 6 rings (SSSR count). The van der Waals surface area contributed by atoms with Crippen LogP contribution in [-0.2, 0) is 13.5 Å². The van der Waals surface area contributed by atoms with Crippen LogP contribution < -0.4 is 0 Å². The predicted molar refractivity (Wildman–Crippen MR) is 128 cm³/mol. The van der Waals surface area contributed by atoms with Gasteiger partial charge in [-0.15, -0.1) is 0 Å². The topological polar surface area (TPSA) is 33.6 Å². The molecular weight excluding hydrogens is 366 g/mol. The third-order valence-corrected chi connectivity index (χ3v) is 5.29. The number of aromatic amines is 1. The van der Waals surface area contributed by atoms with Gasteiger partial charge in [0.2, 0.25) is 0 Å². The van der Waals surface area contributed by atoms with E-state index in [1.807, 2.05) is 36.3 Å². The van der Waals surface area contributed by atoms with E-state index in [1.165, 1.54) is 44.1 Å².